The minimum atomic E-state index is -4.38. The standard InChI is InChI=1S/C23H22Cl2N4O4S2/c1-13-26-27-22(34-13)28-8-7-14-9-17(5-6-19(14)28)29(20(21(30)31)23(2,3)4)35(32,33)18-11-15(24)10-16(25)12-18/h5-12,20H,1-4H3,(H,30,31). The van der Waals surface area contributed by atoms with Gasteiger partial charge in [0.1, 0.15) is 11.0 Å². The van der Waals surface area contributed by atoms with Crippen molar-refractivity contribution in [3.8, 4) is 5.13 Å². The van der Waals surface area contributed by atoms with Crippen LogP contribution in [0.5, 0.6) is 0 Å². The van der Waals surface area contributed by atoms with Crippen LogP contribution in [0.4, 0.5) is 5.69 Å². The summed E-state index contributed by atoms with van der Waals surface area (Å²) in [6, 6.07) is 9.27. The van der Waals surface area contributed by atoms with Crippen molar-refractivity contribution >= 4 is 67.1 Å². The number of rotatable bonds is 6. The van der Waals surface area contributed by atoms with Crippen LogP contribution in [-0.2, 0) is 14.8 Å². The summed E-state index contributed by atoms with van der Waals surface area (Å²) in [5.41, 5.74) is 0.0180. The van der Waals surface area contributed by atoms with Gasteiger partial charge in [0.15, 0.2) is 0 Å². The summed E-state index contributed by atoms with van der Waals surface area (Å²) in [4.78, 5) is 12.3. The van der Waals surface area contributed by atoms with Crippen LogP contribution in [0.25, 0.3) is 16.0 Å². The van der Waals surface area contributed by atoms with E-state index in [4.69, 9.17) is 23.2 Å². The molecule has 1 N–H and O–H groups in total. The Bertz CT molecular complexity index is 1520. The maximum atomic E-state index is 13.9. The maximum Gasteiger partial charge on any atom is 0.328 e. The zero-order chi connectivity index (χ0) is 25.7. The molecular weight excluding hydrogens is 531 g/mol. The van der Waals surface area contributed by atoms with Gasteiger partial charge in [0.25, 0.3) is 10.0 Å². The number of fused-ring (bicyclic) bond motifs is 1. The summed E-state index contributed by atoms with van der Waals surface area (Å²) in [6.45, 7) is 6.87. The van der Waals surface area contributed by atoms with Crippen LogP contribution in [0.15, 0.2) is 53.6 Å². The highest BCUT2D eigenvalue weighted by molar-refractivity contribution is 7.93. The molecule has 0 radical (unpaired) electrons. The third-order valence-corrected chi connectivity index (χ3v) is 8.38. The Hall–Kier alpha value is -2.66. The van der Waals surface area contributed by atoms with Gasteiger partial charge in [-0.1, -0.05) is 55.3 Å². The fourth-order valence-electron chi connectivity index (χ4n) is 3.86. The summed E-state index contributed by atoms with van der Waals surface area (Å²) in [6.07, 6.45) is 1.81. The predicted octanol–water partition coefficient (Wildman–Crippen LogP) is 5.79. The van der Waals surface area contributed by atoms with E-state index in [2.05, 4.69) is 10.2 Å². The van der Waals surface area contributed by atoms with E-state index in [1.54, 1.807) is 39.0 Å². The molecule has 0 aliphatic carbocycles. The van der Waals surface area contributed by atoms with Crippen molar-refractivity contribution in [1.29, 1.82) is 0 Å². The lowest BCUT2D eigenvalue weighted by atomic mass is 9.86. The molecule has 0 saturated heterocycles. The van der Waals surface area contributed by atoms with Crippen molar-refractivity contribution in [3.05, 3.63) is 63.7 Å². The number of aliphatic carboxylic acids is 1. The van der Waals surface area contributed by atoms with Crippen LogP contribution >= 0.6 is 34.5 Å². The first-order chi connectivity index (χ1) is 16.3. The molecule has 0 bridgehead atoms. The second kappa shape index (κ2) is 9.09. The van der Waals surface area contributed by atoms with Gasteiger partial charge in [-0.3, -0.25) is 8.87 Å². The van der Waals surface area contributed by atoms with Gasteiger partial charge in [-0.15, -0.1) is 10.2 Å². The van der Waals surface area contributed by atoms with Crippen LogP contribution in [0.1, 0.15) is 25.8 Å². The van der Waals surface area contributed by atoms with E-state index in [9.17, 15) is 18.3 Å². The molecule has 4 rings (SSSR count). The molecule has 0 aliphatic rings. The van der Waals surface area contributed by atoms with E-state index in [1.165, 1.54) is 29.5 Å². The second-order valence-electron chi connectivity index (χ2n) is 9.05. The topological polar surface area (TPSA) is 105 Å². The van der Waals surface area contributed by atoms with Gasteiger partial charge in [-0.2, -0.15) is 0 Å². The van der Waals surface area contributed by atoms with Gasteiger partial charge in [-0.05, 0) is 54.8 Å². The monoisotopic (exact) mass is 552 g/mol. The Morgan fingerprint density at radius 2 is 1.74 bits per heavy atom. The highest BCUT2D eigenvalue weighted by atomic mass is 35.5. The molecule has 0 spiro atoms. The number of hydrogen-bond acceptors (Lipinski definition) is 6. The number of sulfonamides is 1. The summed E-state index contributed by atoms with van der Waals surface area (Å²) in [5, 5.41) is 20.8. The van der Waals surface area contributed by atoms with Crippen molar-refractivity contribution in [2.75, 3.05) is 4.31 Å². The number of nitrogens with zero attached hydrogens (tertiary/aromatic N) is 4. The molecular formula is C23H22Cl2N4O4S2. The number of carboxylic acids is 1. The number of aromatic nitrogens is 3. The lowest BCUT2D eigenvalue weighted by molar-refractivity contribution is -0.140. The van der Waals surface area contributed by atoms with E-state index in [0.717, 1.165) is 14.8 Å². The lowest BCUT2D eigenvalue weighted by Crippen LogP contribution is -2.52. The number of hydrogen-bond donors (Lipinski definition) is 1. The van der Waals surface area contributed by atoms with Crippen LogP contribution in [0, 0.1) is 12.3 Å². The average Bonchev–Trinajstić information content (AvgIpc) is 3.35. The minimum absolute atomic E-state index is 0.124. The molecule has 2 heterocycles. The van der Waals surface area contributed by atoms with Gasteiger partial charge in [0.2, 0.25) is 5.13 Å². The normalized spacial score (nSPS) is 13.2. The first-order valence-corrected chi connectivity index (χ1v) is 13.5. The van der Waals surface area contributed by atoms with Crippen molar-refractivity contribution in [3.63, 3.8) is 0 Å². The molecule has 1 atom stereocenters. The SMILES string of the molecule is Cc1nnc(-n2ccc3cc(N(C(C(=O)O)C(C)(C)C)S(=O)(=O)c4cc(Cl)cc(Cl)c4)ccc32)s1. The van der Waals surface area contributed by atoms with Gasteiger partial charge < -0.3 is 5.11 Å². The quantitative estimate of drug-likeness (QED) is 0.324. The first-order valence-electron chi connectivity index (χ1n) is 10.4. The van der Waals surface area contributed by atoms with Crippen molar-refractivity contribution in [2.45, 2.75) is 38.6 Å². The van der Waals surface area contributed by atoms with Crippen molar-refractivity contribution in [2.24, 2.45) is 5.41 Å². The summed E-state index contributed by atoms with van der Waals surface area (Å²) in [5.74, 6) is -1.28. The van der Waals surface area contributed by atoms with Gasteiger partial charge in [-0.25, -0.2) is 13.2 Å². The number of benzene rings is 2. The van der Waals surface area contributed by atoms with E-state index < -0.39 is 27.4 Å². The Labute approximate surface area is 216 Å². The molecule has 4 aromatic rings. The highest BCUT2D eigenvalue weighted by Gasteiger charge is 2.43. The molecule has 0 saturated carbocycles. The van der Waals surface area contributed by atoms with Crippen LogP contribution < -0.4 is 4.31 Å². The number of halogens is 2. The van der Waals surface area contributed by atoms with E-state index >= 15 is 0 Å². The Morgan fingerprint density at radius 3 is 2.29 bits per heavy atom. The molecule has 184 valence electrons. The number of anilines is 1. The minimum Gasteiger partial charge on any atom is -0.480 e. The zero-order valence-electron chi connectivity index (χ0n) is 19.2. The van der Waals surface area contributed by atoms with Gasteiger partial charge >= 0.3 is 5.97 Å². The summed E-state index contributed by atoms with van der Waals surface area (Å²) < 4.78 is 30.6. The molecule has 2 aromatic heterocycles. The third-order valence-electron chi connectivity index (χ3n) is 5.33. The fraction of sp³-hybridized carbons (Fsp3) is 0.261. The molecule has 12 heteroatoms. The Kier molecular flexibility index (Phi) is 6.60. The maximum absolute atomic E-state index is 13.9. The number of carbonyl (C=O) groups is 1. The number of aryl methyl sites for hydroxylation is 1. The van der Waals surface area contributed by atoms with Crippen LogP contribution in [0.3, 0.4) is 0 Å². The zero-order valence-corrected chi connectivity index (χ0v) is 22.4. The van der Waals surface area contributed by atoms with Crippen molar-refractivity contribution in [1.82, 2.24) is 14.8 Å². The average molecular weight is 553 g/mol. The molecule has 35 heavy (non-hydrogen) atoms. The first kappa shape index (κ1) is 25.4. The van der Waals surface area contributed by atoms with E-state index in [-0.39, 0.29) is 20.6 Å². The molecule has 0 aliphatic heterocycles. The van der Waals surface area contributed by atoms with Crippen LogP contribution in [0.2, 0.25) is 10.0 Å². The summed E-state index contributed by atoms with van der Waals surface area (Å²) >= 11 is 13.6. The molecule has 2 aromatic carbocycles. The molecule has 0 amide bonds. The summed E-state index contributed by atoms with van der Waals surface area (Å²) in [7, 11) is -4.38. The smallest absolute Gasteiger partial charge is 0.328 e. The number of carboxylic acid groups (broad SMARTS) is 1. The molecule has 0 fully saturated rings. The van der Waals surface area contributed by atoms with Crippen molar-refractivity contribution < 1.29 is 18.3 Å². The van der Waals surface area contributed by atoms with Gasteiger partial charge in [0, 0.05) is 21.6 Å². The highest BCUT2D eigenvalue weighted by Crippen LogP contribution is 2.37. The van der Waals surface area contributed by atoms with E-state index in [0.29, 0.717) is 10.5 Å². The lowest BCUT2D eigenvalue weighted by Gasteiger charge is -2.37. The van der Waals surface area contributed by atoms with Crippen LogP contribution in [-0.4, -0.2) is 40.3 Å². The third kappa shape index (κ3) is 4.88. The molecule has 1 unspecified atom stereocenters. The fourth-order valence-corrected chi connectivity index (χ4v) is 7.05. The molecule has 8 nitrogen and oxygen atoms in total. The second-order valence-corrected chi connectivity index (χ2v) is 12.9. The van der Waals surface area contributed by atoms with E-state index in [1.807, 2.05) is 23.8 Å². The predicted molar refractivity (Wildman–Crippen MR) is 138 cm³/mol. The Morgan fingerprint density at radius 1 is 1.09 bits per heavy atom. The largest absolute Gasteiger partial charge is 0.480 e. The van der Waals surface area contributed by atoms with Gasteiger partial charge in [0.05, 0.1) is 16.1 Å². The Balaban J connectivity index is 1.94.